The summed E-state index contributed by atoms with van der Waals surface area (Å²) in [6.07, 6.45) is 2.75. The molecule has 2 heterocycles. The number of anilines is 1. The number of aromatic nitrogens is 2. The maximum absolute atomic E-state index is 11.9. The minimum absolute atomic E-state index is 0.101. The lowest BCUT2D eigenvalue weighted by Gasteiger charge is -2.30. The Labute approximate surface area is 119 Å². The van der Waals surface area contributed by atoms with E-state index in [1.54, 1.807) is 13.2 Å². The van der Waals surface area contributed by atoms with Crippen molar-refractivity contribution in [2.75, 3.05) is 11.4 Å². The molecule has 1 aromatic carbocycles. The van der Waals surface area contributed by atoms with E-state index in [1.807, 2.05) is 0 Å². The molecule has 98 valence electrons. The summed E-state index contributed by atoms with van der Waals surface area (Å²) in [5.41, 5.74) is 3.49. The summed E-state index contributed by atoms with van der Waals surface area (Å²) in [5.74, 6) is 0. The highest BCUT2D eigenvalue weighted by Crippen LogP contribution is 2.27. The van der Waals surface area contributed by atoms with Crippen LogP contribution in [0.3, 0.4) is 0 Å². The standard InChI is InChI=1S/C14H14BrN3O/c1-17-14(19)13(15)12(8-16-17)18-7-6-10-4-2-3-5-11(10)9-18/h2-5,8H,6-7,9H2,1H3. The minimum Gasteiger partial charge on any atom is -0.364 e. The largest absolute Gasteiger partial charge is 0.364 e. The van der Waals surface area contributed by atoms with Crippen LogP contribution in [0.2, 0.25) is 0 Å². The van der Waals surface area contributed by atoms with Gasteiger partial charge in [-0.25, -0.2) is 4.68 Å². The van der Waals surface area contributed by atoms with Crippen LogP contribution in [0.1, 0.15) is 11.1 Å². The number of nitrogens with zero attached hydrogens (tertiary/aromatic N) is 3. The number of benzene rings is 1. The van der Waals surface area contributed by atoms with Crippen molar-refractivity contribution in [3.63, 3.8) is 0 Å². The number of aryl methyl sites for hydroxylation is 1. The zero-order valence-corrected chi connectivity index (χ0v) is 12.2. The lowest BCUT2D eigenvalue weighted by atomic mass is 10.00. The van der Waals surface area contributed by atoms with Gasteiger partial charge in [0.2, 0.25) is 0 Å². The first-order chi connectivity index (χ1) is 9.16. The summed E-state index contributed by atoms with van der Waals surface area (Å²) in [6, 6.07) is 8.44. The van der Waals surface area contributed by atoms with Crippen molar-refractivity contribution in [2.24, 2.45) is 7.05 Å². The summed E-state index contributed by atoms with van der Waals surface area (Å²) >= 11 is 3.39. The summed E-state index contributed by atoms with van der Waals surface area (Å²) in [5, 5.41) is 4.10. The summed E-state index contributed by atoms with van der Waals surface area (Å²) in [6.45, 7) is 1.73. The molecule has 19 heavy (non-hydrogen) atoms. The lowest BCUT2D eigenvalue weighted by Crippen LogP contribution is -2.33. The Balaban J connectivity index is 1.98. The molecule has 0 bridgehead atoms. The van der Waals surface area contributed by atoms with Gasteiger partial charge in [-0.15, -0.1) is 0 Å². The second-order valence-electron chi connectivity index (χ2n) is 4.71. The number of halogens is 1. The number of hydrogen-bond donors (Lipinski definition) is 0. The van der Waals surface area contributed by atoms with Gasteiger partial charge >= 0.3 is 0 Å². The summed E-state index contributed by atoms with van der Waals surface area (Å²) in [4.78, 5) is 14.1. The molecule has 3 rings (SSSR count). The number of fused-ring (bicyclic) bond motifs is 1. The molecular formula is C14H14BrN3O. The van der Waals surface area contributed by atoms with Crippen LogP contribution in [-0.4, -0.2) is 16.3 Å². The fourth-order valence-corrected chi connectivity index (χ4v) is 3.03. The van der Waals surface area contributed by atoms with Gasteiger partial charge in [0.05, 0.1) is 11.9 Å². The molecule has 5 heteroatoms. The molecule has 0 radical (unpaired) electrons. The normalized spacial score (nSPS) is 14.3. The topological polar surface area (TPSA) is 38.1 Å². The molecule has 4 nitrogen and oxygen atoms in total. The van der Waals surface area contributed by atoms with Gasteiger partial charge in [-0.1, -0.05) is 24.3 Å². The van der Waals surface area contributed by atoms with E-state index in [-0.39, 0.29) is 5.56 Å². The summed E-state index contributed by atoms with van der Waals surface area (Å²) in [7, 11) is 1.66. The maximum Gasteiger partial charge on any atom is 0.282 e. The van der Waals surface area contributed by atoms with Crippen molar-refractivity contribution in [2.45, 2.75) is 13.0 Å². The molecular weight excluding hydrogens is 306 g/mol. The molecule has 0 saturated carbocycles. The van der Waals surface area contributed by atoms with Crippen LogP contribution in [-0.2, 0) is 20.0 Å². The Kier molecular flexibility index (Phi) is 3.14. The van der Waals surface area contributed by atoms with Crippen LogP contribution in [0, 0.1) is 0 Å². The molecule has 2 aromatic rings. The fraction of sp³-hybridized carbons (Fsp3) is 0.286. The monoisotopic (exact) mass is 319 g/mol. The van der Waals surface area contributed by atoms with E-state index >= 15 is 0 Å². The van der Waals surface area contributed by atoms with Gasteiger partial charge in [0, 0.05) is 20.1 Å². The quantitative estimate of drug-likeness (QED) is 0.808. The van der Waals surface area contributed by atoms with Crippen molar-refractivity contribution in [3.8, 4) is 0 Å². The van der Waals surface area contributed by atoms with Crippen LogP contribution in [0.15, 0.2) is 39.7 Å². The Bertz CT molecular complexity index is 681. The Morgan fingerprint density at radius 1 is 1.26 bits per heavy atom. The van der Waals surface area contributed by atoms with Gasteiger partial charge < -0.3 is 4.90 Å². The van der Waals surface area contributed by atoms with Crippen molar-refractivity contribution in [1.29, 1.82) is 0 Å². The SMILES string of the molecule is Cn1ncc(N2CCc3ccccc3C2)c(Br)c1=O. The van der Waals surface area contributed by atoms with E-state index in [9.17, 15) is 4.79 Å². The zero-order valence-electron chi connectivity index (χ0n) is 10.6. The van der Waals surface area contributed by atoms with Gasteiger partial charge in [0.15, 0.2) is 0 Å². The Morgan fingerprint density at radius 2 is 2.00 bits per heavy atom. The van der Waals surface area contributed by atoms with E-state index in [0.717, 1.165) is 25.2 Å². The lowest BCUT2D eigenvalue weighted by molar-refractivity contribution is 0.680. The van der Waals surface area contributed by atoms with Crippen LogP contribution in [0.4, 0.5) is 5.69 Å². The van der Waals surface area contributed by atoms with Gasteiger partial charge in [-0.05, 0) is 33.5 Å². The van der Waals surface area contributed by atoms with Crippen molar-refractivity contribution in [3.05, 3.63) is 56.4 Å². The van der Waals surface area contributed by atoms with E-state index in [1.165, 1.54) is 15.8 Å². The Morgan fingerprint density at radius 3 is 2.79 bits per heavy atom. The van der Waals surface area contributed by atoms with Gasteiger partial charge in [0.1, 0.15) is 4.47 Å². The molecule has 0 N–H and O–H groups in total. The third kappa shape index (κ3) is 2.18. The van der Waals surface area contributed by atoms with Crippen LogP contribution < -0.4 is 10.5 Å². The van der Waals surface area contributed by atoms with Gasteiger partial charge in [0.25, 0.3) is 5.56 Å². The zero-order chi connectivity index (χ0) is 13.4. The highest BCUT2D eigenvalue weighted by atomic mass is 79.9. The Hall–Kier alpha value is -1.62. The second kappa shape index (κ2) is 4.81. The number of rotatable bonds is 1. The van der Waals surface area contributed by atoms with E-state index in [4.69, 9.17) is 0 Å². The molecule has 1 aromatic heterocycles. The molecule has 0 atom stereocenters. The summed E-state index contributed by atoms with van der Waals surface area (Å²) < 4.78 is 1.93. The molecule has 0 saturated heterocycles. The smallest absolute Gasteiger partial charge is 0.282 e. The van der Waals surface area contributed by atoms with E-state index in [2.05, 4.69) is 50.2 Å². The average Bonchev–Trinajstić information content (AvgIpc) is 2.44. The average molecular weight is 320 g/mol. The second-order valence-corrected chi connectivity index (χ2v) is 5.51. The molecule has 0 fully saturated rings. The molecule has 1 aliphatic heterocycles. The van der Waals surface area contributed by atoms with Crippen LogP contribution >= 0.6 is 15.9 Å². The van der Waals surface area contributed by atoms with Crippen LogP contribution in [0.5, 0.6) is 0 Å². The predicted octanol–water partition coefficient (Wildman–Crippen LogP) is 2.11. The fourth-order valence-electron chi connectivity index (χ4n) is 2.42. The van der Waals surface area contributed by atoms with E-state index in [0.29, 0.717) is 4.47 Å². The van der Waals surface area contributed by atoms with Crippen molar-refractivity contribution >= 4 is 21.6 Å². The first kappa shape index (κ1) is 12.4. The molecule has 0 aliphatic carbocycles. The highest BCUT2D eigenvalue weighted by molar-refractivity contribution is 9.10. The third-order valence-electron chi connectivity index (χ3n) is 3.53. The highest BCUT2D eigenvalue weighted by Gasteiger charge is 2.19. The minimum atomic E-state index is -0.101. The predicted molar refractivity (Wildman–Crippen MR) is 78.4 cm³/mol. The molecule has 1 aliphatic rings. The van der Waals surface area contributed by atoms with Crippen molar-refractivity contribution < 1.29 is 0 Å². The molecule has 0 amide bonds. The first-order valence-electron chi connectivity index (χ1n) is 6.20. The van der Waals surface area contributed by atoms with Crippen molar-refractivity contribution in [1.82, 2.24) is 9.78 Å². The van der Waals surface area contributed by atoms with E-state index < -0.39 is 0 Å². The van der Waals surface area contributed by atoms with Gasteiger partial charge in [-0.2, -0.15) is 5.10 Å². The maximum atomic E-state index is 11.9. The van der Waals surface area contributed by atoms with Gasteiger partial charge in [-0.3, -0.25) is 4.79 Å². The third-order valence-corrected chi connectivity index (χ3v) is 4.28. The number of hydrogen-bond acceptors (Lipinski definition) is 3. The molecule has 0 unspecified atom stereocenters. The molecule has 0 spiro atoms. The first-order valence-corrected chi connectivity index (χ1v) is 6.99. The van der Waals surface area contributed by atoms with Crippen LogP contribution in [0.25, 0.3) is 0 Å².